The maximum atomic E-state index is 14.2. The number of aryl methyl sites for hydroxylation is 3. The first kappa shape index (κ1) is 26.6. The highest BCUT2D eigenvalue weighted by Crippen LogP contribution is 2.45. The lowest BCUT2D eigenvalue weighted by Crippen LogP contribution is -2.60. The lowest BCUT2D eigenvalue weighted by Gasteiger charge is -2.47. The van der Waals surface area contributed by atoms with Crippen molar-refractivity contribution in [1.29, 1.82) is 0 Å². The van der Waals surface area contributed by atoms with Crippen LogP contribution in [0.2, 0.25) is 0 Å². The molecule has 1 saturated heterocycles. The monoisotopic (exact) mass is 521 g/mol. The van der Waals surface area contributed by atoms with E-state index in [4.69, 9.17) is 9.84 Å². The zero-order valence-electron chi connectivity index (χ0n) is 23.0. The fourth-order valence-corrected chi connectivity index (χ4v) is 7.27. The number of hydrogen-bond donors (Lipinski definition) is 1. The molecule has 8 nitrogen and oxygen atoms in total. The molecule has 1 unspecified atom stereocenters. The van der Waals surface area contributed by atoms with Crippen molar-refractivity contribution in [3.8, 4) is 5.75 Å². The molecule has 0 spiro atoms. The number of ether oxygens (including phenoxy) is 1. The van der Waals surface area contributed by atoms with Crippen molar-refractivity contribution in [3.05, 3.63) is 46.9 Å². The number of hydrogen-bond acceptors (Lipinski definition) is 6. The van der Waals surface area contributed by atoms with Gasteiger partial charge in [-0.1, -0.05) is 31.7 Å². The van der Waals surface area contributed by atoms with Crippen LogP contribution in [0, 0.1) is 19.8 Å². The SMILES string of the molecule is Cc1cc(N2CCC([N+](C)(C(=O)CCC3CCCC3)[C@@H]3CCc4ccc(OC(=O)O)cc43)CC2)nc(C)n1. The molecule has 0 bridgehead atoms. The van der Waals surface area contributed by atoms with E-state index in [9.17, 15) is 9.59 Å². The van der Waals surface area contributed by atoms with Gasteiger partial charge in [0, 0.05) is 49.7 Å². The van der Waals surface area contributed by atoms with Gasteiger partial charge in [0.1, 0.15) is 23.4 Å². The summed E-state index contributed by atoms with van der Waals surface area (Å²) in [5.74, 6) is 3.08. The smallest absolute Gasteiger partial charge is 0.449 e. The Hall–Kier alpha value is -3.00. The third kappa shape index (κ3) is 5.41. The Bertz CT molecular complexity index is 1170. The van der Waals surface area contributed by atoms with E-state index in [0.717, 1.165) is 68.1 Å². The van der Waals surface area contributed by atoms with Crippen molar-refractivity contribution in [3.63, 3.8) is 0 Å². The Kier molecular flexibility index (Phi) is 7.70. The quantitative estimate of drug-likeness (QED) is 0.282. The molecule has 3 aliphatic rings. The van der Waals surface area contributed by atoms with Crippen LogP contribution in [0.5, 0.6) is 5.75 Å². The first-order valence-corrected chi connectivity index (χ1v) is 14.2. The minimum absolute atomic E-state index is 0.0125. The van der Waals surface area contributed by atoms with Crippen LogP contribution in [0.1, 0.15) is 86.5 Å². The van der Waals surface area contributed by atoms with Crippen LogP contribution in [-0.2, 0) is 11.2 Å². The molecule has 2 heterocycles. The molecule has 2 aliphatic carbocycles. The summed E-state index contributed by atoms with van der Waals surface area (Å²) in [7, 11) is 2.15. The van der Waals surface area contributed by atoms with E-state index < -0.39 is 6.16 Å². The second-order valence-electron chi connectivity index (χ2n) is 11.6. The first-order chi connectivity index (χ1) is 18.2. The van der Waals surface area contributed by atoms with Crippen molar-refractivity contribution in [1.82, 2.24) is 9.97 Å². The van der Waals surface area contributed by atoms with Gasteiger partial charge >= 0.3 is 12.1 Å². The number of nitrogens with zero attached hydrogens (tertiary/aromatic N) is 4. The lowest BCUT2D eigenvalue weighted by atomic mass is 9.92. The van der Waals surface area contributed by atoms with Crippen LogP contribution in [0.3, 0.4) is 0 Å². The van der Waals surface area contributed by atoms with Crippen molar-refractivity contribution in [2.24, 2.45) is 5.92 Å². The van der Waals surface area contributed by atoms with Gasteiger partial charge in [-0.05, 0) is 50.3 Å². The average molecular weight is 522 g/mol. The van der Waals surface area contributed by atoms with Gasteiger partial charge in [0.2, 0.25) is 0 Å². The summed E-state index contributed by atoms with van der Waals surface area (Å²) in [6, 6.07) is 7.83. The highest BCUT2D eigenvalue weighted by atomic mass is 16.7. The summed E-state index contributed by atoms with van der Waals surface area (Å²) in [6.07, 6.45) is 8.95. The van der Waals surface area contributed by atoms with E-state index in [1.807, 2.05) is 32.0 Å². The van der Waals surface area contributed by atoms with Crippen LogP contribution >= 0.6 is 0 Å². The molecule has 1 N–H and O–H groups in total. The molecule has 8 heteroatoms. The molecule has 2 atom stereocenters. The molecule has 204 valence electrons. The standard InChI is InChI=1S/C30H40N4O4/c1-20-18-28(32-21(2)31-20)33-16-14-24(15-17-33)34(3,29(35)13-8-22-6-4-5-7-22)27-12-10-23-9-11-25(19-26(23)27)38-30(36)37/h9,11,18-19,22,24,27H,4-8,10,12-17H2,1-3H3/p+1/t27-,34?/m1/s1. The molecule has 1 aromatic carbocycles. The summed E-state index contributed by atoms with van der Waals surface area (Å²) in [6.45, 7) is 5.64. The molecule has 1 aromatic heterocycles. The van der Waals surface area contributed by atoms with Crippen LogP contribution in [0.15, 0.2) is 24.3 Å². The molecule has 1 amide bonds. The molecule has 2 aromatic rings. The van der Waals surface area contributed by atoms with Gasteiger partial charge in [0.25, 0.3) is 0 Å². The predicted molar refractivity (Wildman–Crippen MR) is 145 cm³/mol. The Morgan fingerprint density at radius 2 is 1.79 bits per heavy atom. The van der Waals surface area contributed by atoms with Gasteiger partial charge in [-0.25, -0.2) is 19.6 Å². The minimum Gasteiger partial charge on any atom is -0.449 e. The molecule has 5 rings (SSSR count). The molecular weight excluding hydrogens is 480 g/mol. The van der Waals surface area contributed by atoms with Crippen LogP contribution in [-0.4, -0.2) is 57.8 Å². The number of piperidine rings is 1. The molecule has 1 saturated carbocycles. The predicted octanol–water partition coefficient (Wildman–Crippen LogP) is 5.75. The van der Waals surface area contributed by atoms with E-state index in [1.54, 1.807) is 6.07 Å². The Labute approximate surface area is 225 Å². The third-order valence-corrected chi connectivity index (χ3v) is 9.29. The first-order valence-electron chi connectivity index (χ1n) is 14.2. The van der Waals surface area contributed by atoms with Gasteiger partial charge in [-0.2, -0.15) is 0 Å². The van der Waals surface area contributed by atoms with E-state index >= 15 is 0 Å². The van der Waals surface area contributed by atoms with Crippen LogP contribution in [0.4, 0.5) is 10.6 Å². The molecule has 1 aliphatic heterocycles. The maximum absolute atomic E-state index is 14.2. The van der Waals surface area contributed by atoms with Crippen molar-refractivity contribution >= 4 is 17.9 Å². The fourth-order valence-electron chi connectivity index (χ4n) is 7.27. The number of carboxylic acid groups (broad SMARTS) is 1. The summed E-state index contributed by atoms with van der Waals surface area (Å²) in [4.78, 5) is 36.9. The Balaban J connectivity index is 1.40. The van der Waals surface area contributed by atoms with E-state index in [-0.39, 0.29) is 12.1 Å². The zero-order valence-corrected chi connectivity index (χ0v) is 23.0. The fraction of sp³-hybridized carbons (Fsp3) is 0.600. The highest BCUT2D eigenvalue weighted by Gasteiger charge is 2.50. The van der Waals surface area contributed by atoms with Gasteiger partial charge in [-0.15, -0.1) is 0 Å². The van der Waals surface area contributed by atoms with E-state index in [1.165, 1.54) is 31.2 Å². The van der Waals surface area contributed by atoms with Crippen LogP contribution in [0.25, 0.3) is 0 Å². The Morgan fingerprint density at radius 1 is 1.05 bits per heavy atom. The van der Waals surface area contributed by atoms with E-state index in [0.29, 0.717) is 28.5 Å². The Morgan fingerprint density at radius 3 is 2.47 bits per heavy atom. The number of anilines is 1. The molecular formula is C30H41N4O4+. The number of amides is 1. The largest absolute Gasteiger partial charge is 0.511 e. The third-order valence-electron chi connectivity index (χ3n) is 9.29. The van der Waals surface area contributed by atoms with Crippen molar-refractivity contribution in [2.45, 2.75) is 90.1 Å². The van der Waals surface area contributed by atoms with Gasteiger partial charge < -0.3 is 14.7 Å². The van der Waals surface area contributed by atoms with Gasteiger partial charge in [-0.3, -0.25) is 4.48 Å². The van der Waals surface area contributed by atoms with E-state index in [2.05, 4.69) is 21.9 Å². The highest BCUT2D eigenvalue weighted by molar-refractivity contribution is 5.70. The number of carbonyl (C=O) groups is 2. The maximum Gasteiger partial charge on any atom is 0.511 e. The summed E-state index contributed by atoms with van der Waals surface area (Å²) in [5, 5.41) is 9.17. The molecule has 0 radical (unpaired) electrons. The summed E-state index contributed by atoms with van der Waals surface area (Å²) < 4.78 is 5.40. The number of rotatable bonds is 7. The van der Waals surface area contributed by atoms with Crippen LogP contribution < -0.4 is 9.64 Å². The summed E-state index contributed by atoms with van der Waals surface area (Å²) in [5.41, 5.74) is 3.24. The number of aromatic nitrogens is 2. The normalized spacial score (nSPS) is 21.8. The molecule has 2 fully saturated rings. The van der Waals surface area contributed by atoms with Crippen molar-refractivity contribution < 1.29 is 23.9 Å². The second-order valence-corrected chi connectivity index (χ2v) is 11.6. The molecule has 38 heavy (non-hydrogen) atoms. The van der Waals surface area contributed by atoms with Gasteiger partial charge in [0.05, 0.1) is 19.5 Å². The number of fused-ring (bicyclic) bond motifs is 1. The minimum atomic E-state index is -1.31. The topological polar surface area (TPSA) is 92.6 Å². The number of quaternary nitrogens is 1. The lowest BCUT2D eigenvalue weighted by molar-refractivity contribution is -0.892. The van der Waals surface area contributed by atoms with Gasteiger partial charge in [0.15, 0.2) is 0 Å². The van der Waals surface area contributed by atoms with Crippen molar-refractivity contribution in [2.75, 3.05) is 25.0 Å². The number of carbonyl (C=O) groups excluding carboxylic acids is 1. The zero-order chi connectivity index (χ0) is 26.9. The summed E-state index contributed by atoms with van der Waals surface area (Å²) >= 11 is 0. The number of benzene rings is 1. The second kappa shape index (κ2) is 11.0. The average Bonchev–Trinajstić information content (AvgIpc) is 3.56.